The number of pyridine rings is 1. The lowest BCUT2D eigenvalue weighted by atomic mass is 10.1. The van der Waals surface area contributed by atoms with Gasteiger partial charge < -0.3 is 15.8 Å². The van der Waals surface area contributed by atoms with Gasteiger partial charge in [0.05, 0.1) is 24.6 Å². The van der Waals surface area contributed by atoms with E-state index in [4.69, 9.17) is 10.5 Å². The van der Waals surface area contributed by atoms with E-state index in [1.165, 1.54) is 0 Å². The van der Waals surface area contributed by atoms with Crippen LogP contribution in [0.25, 0.3) is 0 Å². The molecule has 2 aromatic rings. The number of nitrogens with one attached hydrogen (secondary N) is 1. The van der Waals surface area contributed by atoms with Gasteiger partial charge in [-0.05, 0) is 46.6 Å². The van der Waals surface area contributed by atoms with Gasteiger partial charge in [-0.3, -0.25) is 4.79 Å². The van der Waals surface area contributed by atoms with Crippen LogP contribution >= 0.6 is 15.9 Å². The van der Waals surface area contributed by atoms with Gasteiger partial charge in [0.15, 0.2) is 0 Å². The second-order valence-electron chi connectivity index (χ2n) is 4.24. The van der Waals surface area contributed by atoms with Crippen LogP contribution < -0.4 is 15.8 Å². The Labute approximate surface area is 125 Å². The molecule has 0 aliphatic carbocycles. The summed E-state index contributed by atoms with van der Waals surface area (Å²) in [5.74, 6) is 0.328. The highest BCUT2D eigenvalue weighted by atomic mass is 79.9. The number of ether oxygens (including phenoxy) is 1. The van der Waals surface area contributed by atoms with Crippen molar-refractivity contribution in [2.75, 3.05) is 18.2 Å². The number of aryl methyl sites for hydroxylation is 1. The maximum absolute atomic E-state index is 12.2. The summed E-state index contributed by atoms with van der Waals surface area (Å²) in [4.78, 5) is 16.3. The zero-order chi connectivity index (χ0) is 14.7. The minimum absolute atomic E-state index is 0.284. The minimum atomic E-state index is -0.284. The molecule has 0 unspecified atom stereocenters. The van der Waals surface area contributed by atoms with Crippen LogP contribution in [-0.2, 0) is 0 Å². The van der Waals surface area contributed by atoms with Gasteiger partial charge in [0.2, 0.25) is 0 Å². The number of hydrogen-bond acceptors (Lipinski definition) is 4. The molecule has 0 atom stereocenters. The Morgan fingerprint density at radius 2 is 2.15 bits per heavy atom. The van der Waals surface area contributed by atoms with Gasteiger partial charge in [0.25, 0.3) is 5.91 Å². The van der Waals surface area contributed by atoms with E-state index in [1.807, 2.05) is 13.0 Å². The van der Waals surface area contributed by atoms with Crippen LogP contribution in [0.5, 0.6) is 5.75 Å². The summed E-state index contributed by atoms with van der Waals surface area (Å²) in [5, 5.41) is 2.76. The molecule has 0 aliphatic heterocycles. The molecule has 0 radical (unpaired) electrons. The monoisotopic (exact) mass is 335 g/mol. The number of aromatic nitrogens is 1. The topological polar surface area (TPSA) is 77.2 Å². The number of amides is 1. The van der Waals surface area contributed by atoms with Crippen LogP contribution in [0.4, 0.5) is 11.4 Å². The third-order valence-electron chi connectivity index (χ3n) is 2.78. The van der Waals surface area contributed by atoms with E-state index in [-0.39, 0.29) is 5.91 Å². The fourth-order valence-corrected chi connectivity index (χ4v) is 1.92. The largest absolute Gasteiger partial charge is 0.497 e. The van der Waals surface area contributed by atoms with Crippen molar-refractivity contribution in [3.8, 4) is 5.75 Å². The number of anilines is 2. The highest BCUT2D eigenvalue weighted by Crippen LogP contribution is 2.22. The maximum Gasteiger partial charge on any atom is 0.257 e. The zero-order valence-electron chi connectivity index (χ0n) is 11.1. The molecule has 0 spiro atoms. The molecule has 0 saturated carbocycles. The first-order valence-corrected chi connectivity index (χ1v) is 6.67. The molecule has 1 aromatic heterocycles. The van der Waals surface area contributed by atoms with Crippen molar-refractivity contribution in [2.24, 2.45) is 0 Å². The third-order valence-corrected chi connectivity index (χ3v) is 3.61. The van der Waals surface area contributed by atoms with E-state index in [0.29, 0.717) is 22.7 Å². The number of benzene rings is 1. The number of halogens is 1. The number of carbonyl (C=O) groups is 1. The molecule has 0 saturated heterocycles. The van der Waals surface area contributed by atoms with Crippen molar-refractivity contribution in [3.05, 3.63) is 46.2 Å². The first-order chi connectivity index (χ1) is 9.51. The van der Waals surface area contributed by atoms with Crippen LogP contribution in [0.2, 0.25) is 0 Å². The van der Waals surface area contributed by atoms with E-state index in [2.05, 4.69) is 26.2 Å². The molecule has 20 heavy (non-hydrogen) atoms. The first-order valence-electron chi connectivity index (χ1n) is 5.88. The summed E-state index contributed by atoms with van der Waals surface area (Å²) < 4.78 is 5.80. The fraction of sp³-hybridized carbons (Fsp3) is 0.143. The van der Waals surface area contributed by atoms with Crippen molar-refractivity contribution >= 4 is 33.2 Å². The highest BCUT2D eigenvalue weighted by molar-refractivity contribution is 9.10. The Morgan fingerprint density at radius 3 is 2.75 bits per heavy atom. The van der Waals surface area contributed by atoms with Gasteiger partial charge >= 0.3 is 0 Å². The minimum Gasteiger partial charge on any atom is -0.497 e. The van der Waals surface area contributed by atoms with Gasteiger partial charge in [-0.2, -0.15) is 0 Å². The summed E-state index contributed by atoms with van der Waals surface area (Å²) >= 11 is 3.31. The summed E-state index contributed by atoms with van der Waals surface area (Å²) in [6.07, 6.45) is 1.58. The molecule has 0 aliphatic rings. The standard InChI is InChI=1S/C14H14BrN3O2/c1-8-5-9(7-17-13(8)15)18-14(19)11-4-3-10(20-2)6-12(11)16/h3-7H,16H2,1-2H3,(H,18,19). The molecular formula is C14H14BrN3O2. The van der Waals surface area contributed by atoms with Crippen LogP contribution in [0.15, 0.2) is 35.1 Å². The number of carbonyl (C=O) groups excluding carboxylic acids is 1. The summed E-state index contributed by atoms with van der Waals surface area (Å²) in [7, 11) is 1.55. The quantitative estimate of drug-likeness (QED) is 0.667. The van der Waals surface area contributed by atoms with Gasteiger partial charge in [-0.25, -0.2) is 4.98 Å². The number of nitrogen functional groups attached to an aromatic ring is 1. The van der Waals surface area contributed by atoms with E-state index < -0.39 is 0 Å². The SMILES string of the molecule is COc1ccc(C(=O)Nc2cnc(Br)c(C)c2)c(N)c1. The van der Waals surface area contributed by atoms with Crippen molar-refractivity contribution in [2.45, 2.75) is 6.92 Å². The summed E-state index contributed by atoms with van der Waals surface area (Å²) in [5.41, 5.74) is 8.15. The van der Waals surface area contributed by atoms with Crippen LogP contribution in [0.1, 0.15) is 15.9 Å². The molecule has 104 valence electrons. The Balaban J connectivity index is 2.21. The molecule has 2 rings (SSSR count). The first kappa shape index (κ1) is 14.3. The third kappa shape index (κ3) is 3.08. The van der Waals surface area contributed by atoms with Gasteiger partial charge in [0, 0.05) is 11.8 Å². The fourth-order valence-electron chi connectivity index (χ4n) is 1.70. The second kappa shape index (κ2) is 5.92. The number of hydrogen-bond donors (Lipinski definition) is 2. The number of methoxy groups -OCH3 is 1. The second-order valence-corrected chi connectivity index (χ2v) is 4.99. The lowest BCUT2D eigenvalue weighted by Gasteiger charge is -2.09. The van der Waals surface area contributed by atoms with Gasteiger partial charge in [-0.15, -0.1) is 0 Å². The van der Waals surface area contributed by atoms with E-state index in [1.54, 1.807) is 31.5 Å². The van der Waals surface area contributed by atoms with E-state index >= 15 is 0 Å². The Morgan fingerprint density at radius 1 is 1.40 bits per heavy atom. The number of nitrogens with two attached hydrogens (primary N) is 1. The summed E-state index contributed by atoms with van der Waals surface area (Å²) in [6.45, 7) is 1.90. The van der Waals surface area contributed by atoms with Crippen molar-refractivity contribution < 1.29 is 9.53 Å². The molecule has 1 amide bonds. The molecule has 1 heterocycles. The van der Waals surface area contributed by atoms with Crippen molar-refractivity contribution in [3.63, 3.8) is 0 Å². The molecule has 5 nitrogen and oxygen atoms in total. The van der Waals surface area contributed by atoms with E-state index in [9.17, 15) is 4.79 Å². The molecule has 0 bridgehead atoms. The highest BCUT2D eigenvalue weighted by Gasteiger charge is 2.11. The van der Waals surface area contributed by atoms with Crippen molar-refractivity contribution in [1.29, 1.82) is 0 Å². The average Bonchev–Trinajstić information content (AvgIpc) is 2.42. The van der Waals surface area contributed by atoms with Gasteiger partial charge in [0.1, 0.15) is 10.4 Å². The Kier molecular flexibility index (Phi) is 4.24. The van der Waals surface area contributed by atoms with Gasteiger partial charge in [-0.1, -0.05) is 0 Å². The predicted molar refractivity (Wildman–Crippen MR) is 82.0 cm³/mol. The Hall–Kier alpha value is -2.08. The summed E-state index contributed by atoms with van der Waals surface area (Å²) in [6, 6.07) is 6.76. The van der Waals surface area contributed by atoms with Crippen LogP contribution in [-0.4, -0.2) is 18.0 Å². The normalized spacial score (nSPS) is 10.2. The predicted octanol–water partition coefficient (Wildman–Crippen LogP) is 3.00. The molecule has 3 N–H and O–H groups in total. The van der Waals surface area contributed by atoms with Crippen LogP contribution in [0.3, 0.4) is 0 Å². The zero-order valence-corrected chi connectivity index (χ0v) is 12.7. The lowest BCUT2D eigenvalue weighted by Crippen LogP contribution is -2.14. The maximum atomic E-state index is 12.2. The number of rotatable bonds is 3. The Bertz CT molecular complexity index is 659. The lowest BCUT2D eigenvalue weighted by molar-refractivity contribution is 0.102. The molecule has 1 aromatic carbocycles. The van der Waals surface area contributed by atoms with E-state index in [0.717, 1.165) is 10.2 Å². The smallest absolute Gasteiger partial charge is 0.257 e. The van der Waals surface area contributed by atoms with Crippen molar-refractivity contribution in [1.82, 2.24) is 4.98 Å². The molecule has 0 fully saturated rings. The molecule has 6 heteroatoms. The van der Waals surface area contributed by atoms with Crippen LogP contribution in [0, 0.1) is 6.92 Å². The number of nitrogens with zero attached hydrogens (tertiary/aromatic N) is 1. The molecular weight excluding hydrogens is 322 g/mol. The average molecular weight is 336 g/mol.